The number of anilines is 1. The predicted molar refractivity (Wildman–Crippen MR) is 62.9 cm³/mol. The topological polar surface area (TPSA) is 29.1 Å². The Bertz CT molecular complexity index is 346. The zero-order valence-electron chi connectivity index (χ0n) is 7.71. The van der Waals surface area contributed by atoms with Gasteiger partial charge in [-0.25, -0.2) is 4.39 Å². The van der Waals surface area contributed by atoms with Gasteiger partial charge in [0.1, 0.15) is 0 Å². The summed E-state index contributed by atoms with van der Waals surface area (Å²) in [4.78, 5) is 10.6. The Morgan fingerprint density at radius 2 is 2.36 bits per heavy atom. The molecule has 2 nitrogen and oxygen atoms in total. The molecule has 0 spiro atoms. The van der Waals surface area contributed by atoms with Crippen LogP contribution in [0.3, 0.4) is 0 Å². The Morgan fingerprint density at radius 3 is 2.93 bits per heavy atom. The lowest BCUT2D eigenvalue weighted by Crippen LogP contribution is -2.06. The Morgan fingerprint density at radius 1 is 1.64 bits per heavy atom. The van der Waals surface area contributed by atoms with Crippen molar-refractivity contribution in [2.24, 2.45) is 0 Å². The first-order valence-corrected chi connectivity index (χ1v) is 5.68. The van der Waals surface area contributed by atoms with Crippen LogP contribution in [0.25, 0.3) is 0 Å². The molecule has 0 aliphatic carbocycles. The number of carbonyl (C=O) groups excluding carboxylic acids is 1. The molecule has 0 aliphatic rings. The number of rotatable bonds is 4. The van der Waals surface area contributed by atoms with Gasteiger partial charge in [0.15, 0.2) is 12.1 Å². The van der Waals surface area contributed by atoms with E-state index in [9.17, 15) is 9.18 Å². The van der Waals surface area contributed by atoms with Gasteiger partial charge in [-0.2, -0.15) is 0 Å². The van der Waals surface area contributed by atoms with E-state index in [4.69, 9.17) is 0 Å². The summed E-state index contributed by atoms with van der Waals surface area (Å²) in [7, 11) is 2.33. The lowest BCUT2D eigenvalue weighted by Gasteiger charge is -2.07. The van der Waals surface area contributed by atoms with Gasteiger partial charge in [-0.15, -0.1) is 9.24 Å². The molecule has 0 bridgehead atoms. The van der Waals surface area contributed by atoms with Crippen molar-refractivity contribution < 1.29 is 9.18 Å². The highest BCUT2D eigenvalue weighted by atomic mass is 32.2. The lowest BCUT2D eigenvalue weighted by atomic mass is 10.2. The zero-order chi connectivity index (χ0) is 10.6. The molecule has 1 N–H and O–H groups in total. The van der Waals surface area contributed by atoms with Gasteiger partial charge in [-0.05, 0) is 11.4 Å². The maximum atomic E-state index is 13.5. The summed E-state index contributed by atoms with van der Waals surface area (Å²) in [6, 6.07) is 3.31. The lowest BCUT2D eigenvalue weighted by molar-refractivity contribution is 0.112. The maximum Gasteiger partial charge on any atom is 0.158 e. The third kappa shape index (κ3) is 2.46. The largest absolute Gasteiger partial charge is 0.327 e. The number of aldehydes is 1. The first-order valence-electron chi connectivity index (χ1n) is 4.11. The molecule has 0 saturated carbocycles. The number of carbonyl (C=O) groups is 1. The molecule has 0 aromatic heterocycles. The Hall–Kier alpha value is -0.600. The highest BCUT2D eigenvalue weighted by molar-refractivity contribution is 8.00. The van der Waals surface area contributed by atoms with Crippen molar-refractivity contribution in [1.82, 2.24) is 0 Å². The standard InChI is InChI=1S/C9H11FNOPS/c1-2-14-11-7-3-4-8(13)6(5-12)9(7)10/h3-5,11H,2,13H2,1H3. The van der Waals surface area contributed by atoms with E-state index in [1.807, 2.05) is 6.92 Å². The third-order valence-corrected chi connectivity index (χ3v) is 2.81. The van der Waals surface area contributed by atoms with Crippen LogP contribution in [0.15, 0.2) is 12.1 Å². The molecular formula is C9H11FNOPS. The second kappa shape index (κ2) is 5.32. The van der Waals surface area contributed by atoms with Gasteiger partial charge in [0, 0.05) is 5.75 Å². The average Bonchev–Trinajstić information content (AvgIpc) is 2.18. The fourth-order valence-corrected chi connectivity index (χ4v) is 1.70. The second-order valence-electron chi connectivity index (χ2n) is 2.58. The van der Waals surface area contributed by atoms with E-state index < -0.39 is 5.82 Å². The second-order valence-corrected chi connectivity index (χ2v) is 4.28. The van der Waals surface area contributed by atoms with Crippen LogP contribution in [0, 0.1) is 5.82 Å². The molecule has 1 unspecified atom stereocenters. The number of hydrogen-bond donors (Lipinski definition) is 1. The third-order valence-electron chi connectivity index (χ3n) is 1.66. The van der Waals surface area contributed by atoms with E-state index in [-0.39, 0.29) is 5.56 Å². The van der Waals surface area contributed by atoms with Crippen molar-refractivity contribution in [3.05, 3.63) is 23.5 Å². The van der Waals surface area contributed by atoms with E-state index >= 15 is 0 Å². The number of halogens is 1. The van der Waals surface area contributed by atoms with Crippen molar-refractivity contribution in [2.75, 3.05) is 10.5 Å². The zero-order valence-corrected chi connectivity index (χ0v) is 9.68. The fourth-order valence-electron chi connectivity index (χ4n) is 0.956. The van der Waals surface area contributed by atoms with Gasteiger partial charge < -0.3 is 4.72 Å². The summed E-state index contributed by atoms with van der Waals surface area (Å²) in [5.41, 5.74) is 0.446. The Kier molecular flexibility index (Phi) is 4.36. The summed E-state index contributed by atoms with van der Waals surface area (Å²) in [5.74, 6) is 0.340. The van der Waals surface area contributed by atoms with E-state index in [2.05, 4.69) is 14.0 Å². The summed E-state index contributed by atoms with van der Waals surface area (Å²) < 4.78 is 16.4. The molecule has 0 aliphatic heterocycles. The molecule has 1 aromatic carbocycles. The molecule has 0 fully saturated rings. The number of nitrogens with one attached hydrogen (secondary N) is 1. The molecule has 5 heteroatoms. The normalized spacial score (nSPS) is 9.93. The van der Waals surface area contributed by atoms with Gasteiger partial charge in [-0.3, -0.25) is 4.79 Å². The van der Waals surface area contributed by atoms with Crippen LogP contribution in [-0.2, 0) is 0 Å². The summed E-state index contributed by atoms with van der Waals surface area (Å²) in [6.07, 6.45) is 0.527. The molecule has 76 valence electrons. The maximum absolute atomic E-state index is 13.5. The van der Waals surface area contributed by atoms with E-state index in [1.165, 1.54) is 11.9 Å². The van der Waals surface area contributed by atoms with Crippen molar-refractivity contribution in [3.8, 4) is 0 Å². The molecule has 14 heavy (non-hydrogen) atoms. The Balaban J connectivity index is 3.02. The average molecular weight is 231 g/mol. The first kappa shape index (κ1) is 11.5. The van der Waals surface area contributed by atoms with Gasteiger partial charge in [0.25, 0.3) is 0 Å². The van der Waals surface area contributed by atoms with Crippen LogP contribution in [-0.4, -0.2) is 12.0 Å². The van der Waals surface area contributed by atoms with Crippen LogP contribution in [0.4, 0.5) is 10.1 Å². The van der Waals surface area contributed by atoms with Crippen molar-refractivity contribution in [3.63, 3.8) is 0 Å². The molecule has 0 amide bonds. The van der Waals surface area contributed by atoms with E-state index in [0.717, 1.165) is 5.75 Å². The van der Waals surface area contributed by atoms with Crippen LogP contribution in [0.2, 0.25) is 0 Å². The molecule has 1 rings (SSSR count). The summed E-state index contributed by atoms with van der Waals surface area (Å²) >= 11 is 1.39. The minimum atomic E-state index is -0.492. The molecule has 0 saturated heterocycles. The molecule has 1 aromatic rings. The summed E-state index contributed by atoms with van der Waals surface area (Å²) in [6.45, 7) is 1.96. The van der Waals surface area contributed by atoms with Gasteiger partial charge in [-0.1, -0.05) is 24.9 Å². The Labute approximate surface area is 89.0 Å². The van der Waals surface area contributed by atoms with Gasteiger partial charge in [0.2, 0.25) is 0 Å². The molecule has 1 atom stereocenters. The number of benzene rings is 1. The minimum Gasteiger partial charge on any atom is -0.327 e. The van der Waals surface area contributed by atoms with E-state index in [0.29, 0.717) is 17.3 Å². The van der Waals surface area contributed by atoms with Crippen molar-refractivity contribution in [1.29, 1.82) is 0 Å². The predicted octanol–water partition coefficient (Wildman–Crippen LogP) is 2.22. The van der Waals surface area contributed by atoms with Gasteiger partial charge >= 0.3 is 0 Å². The minimum absolute atomic E-state index is 0.0942. The smallest absolute Gasteiger partial charge is 0.158 e. The SMILES string of the molecule is CCSNc1ccc(P)c(C=O)c1F. The highest BCUT2D eigenvalue weighted by Gasteiger charge is 2.09. The van der Waals surface area contributed by atoms with Crippen LogP contribution >= 0.6 is 21.2 Å². The van der Waals surface area contributed by atoms with Crippen molar-refractivity contribution >= 4 is 38.5 Å². The molecule has 0 radical (unpaired) electrons. The fraction of sp³-hybridized carbons (Fsp3) is 0.222. The monoisotopic (exact) mass is 231 g/mol. The quantitative estimate of drug-likeness (QED) is 0.489. The van der Waals surface area contributed by atoms with Crippen LogP contribution in [0.5, 0.6) is 0 Å². The van der Waals surface area contributed by atoms with Crippen LogP contribution < -0.4 is 10.0 Å². The number of hydrogen-bond acceptors (Lipinski definition) is 3. The van der Waals surface area contributed by atoms with Gasteiger partial charge in [0.05, 0.1) is 11.3 Å². The van der Waals surface area contributed by atoms with Crippen molar-refractivity contribution in [2.45, 2.75) is 6.92 Å². The molecular weight excluding hydrogens is 220 g/mol. The van der Waals surface area contributed by atoms with E-state index in [1.54, 1.807) is 12.1 Å². The highest BCUT2D eigenvalue weighted by Crippen LogP contribution is 2.19. The molecule has 0 heterocycles. The van der Waals surface area contributed by atoms with Crippen LogP contribution in [0.1, 0.15) is 17.3 Å². The summed E-state index contributed by atoms with van der Waals surface area (Å²) in [5, 5.41) is 0.574. The first-order chi connectivity index (χ1) is 6.70.